The van der Waals surface area contributed by atoms with Crippen molar-refractivity contribution in [1.29, 1.82) is 0 Å². The van der Waals surface area contributed by atoms with Gasteiger partial charge in [0.1, 0.15) is 0 Å². The molecule has 3 rings (SSSR count). The SMILES string of the molecule is C/C=C/C(=O)N1CCN(C(=O)c2cccc3ccccc23)CC1. The standard InChI is InChI=1S/C19H20N2O2/c1-2-6-18(22)20-11-13-21(14-12-20)19(23)17-10-5-8-15-7-3-4-9-16(15)17/h2-10H,11-14H2,1H3/b6-2+. The molecule has 0 aromatic heterocycles. The molecule has 0 aliphatic carbocycles. The van der Waals surface area contributed by atoms with Gasteiger partial charge in [-0.25, -0.2) is 0 Å². The Morgan fingerprint density at radius 2 is 1.57 bits per heavy atom. The number of nitrogens with zero attached hydrogens (tertiary/aromatic N) is 2. The van der Waals surface area contributed by atoms with Crippen molar-refractivity contribution < 1.29 is 9.59 Å². The van der Waals surface area contributed by atoms with Crippen LogP contribution in [-0.2, 0) is 4.79 Å². The first-order valence-corrected chi connectivity index (χ1v) is 7.89. The van der Waals surface area contributed by atoms with E-state index in [4.69, 9.17) is 0 Å². The van der Waals surface area contributed by atoms with Gasteiger partial charge in [-0.3, -0.25) is 9.59 Å². The highest BCUT2D eigenvalue weighted by Crippen LogP contribution is 2.20. The Balaban J connectivity index is 1.76. The Kier molecular flexibility index (Phi) is 4.42. The van der Waals surface area contributed by atoms with Crippen LogP contribution in [0.15, 0.2) is 54.6 Å². The predicted octanol–water partition coefficient (Wildman–Crippen LogP) is 2.70. The maximum atomic E-state index is 12.8. The van der Waals surface area contributed by atoms with Gasteiger partial charge in [0.2, 0.25) is 5.91 Å². The molecule has 4 heteroatoms. The first-order valence-electron chi connectivity index (χ1n) is 7.89. The molecule has 118 valence electrons. The molecule has 1 aliphatic heterocycles. The van der Waals surface area contributed by atoms with Crippen LogP contribution >= 0.6 is 0 Å². The van der Waals surface area contributed by atoms with Crippen LogP contribution in [0.25, 0.3) is 10.8 Å². The van der Waals surface area contributed by atoms with Gasteiger partial charge >= 0.3 is 0 Å². The van der Waals surface area contributed by atoms with Gasteiger partial charge in [-0.2, -0.15) is 0 Å². The number of rotatable bonds is 2. The topological polar surface area (TPSA) is 40.6 Å². The quantitative estimate of drug-likeness (QED) is 0.800. The first-order chi connectivity index (χ1) is 11.2. The zero-order chi connectivity index (χ0) is 16.2. The molecule has 1 fully saturated rings. The molecular formula is C19H20N2O2. The molecule has 0 N–H and O–H groups in total. The molecule has 0 spiro atoms. The Morgan fingerprint density at radius 3 is 2.30 bits per heavy atom. The minimum absolute atomic E-state index is 0.0183. The van der Waals surface area contributed by atoms with E-state index in [-0.39, 0.29) is 11.8 Å². The Bertz CT molecular complexity index is 754. The molecule has 0 radical (unpaired) electrons. The molecular weight excluding hydrogens is 288 g/mol. The average molecular weight is 308 g/mol. The number of allylic oxidation sites excluding steroid dienone is 1. The lowest BCUT2D eigenvalue weighted by Gasteiger charge is -2.34. The van der Waals surface area contributed by atoms with Crippen molar-refractivity contribution in [2.75, 3.05) is 26.2 Å². The van der Waals surface area contributed by atoms with Gasteiger partial charge in [-0.1, -0.05) is 42.5 Å². The summed E-state index contributed by atoms with van der Waals surface area (Å²) in [6.07, 6.45) is 3.32. The number of carbonyl (C=O) groups is 2. The van der Waals surface area contributed by atoms with Crippen LogP contribution in [0.1, 0.15) is 17.3 Å². The molecule has 1 heterocycles. The van der Waals surface area contributed by atoms with Crippen molar-refractivity contribution in [3.63, 3.8) is 0 Å². The van der Waals surface area contributed by atoms with Crippen LogP contribution in [0.5, 0.6) is 0 Å². The van der Waals surface area contributed by atoms with Gasteiger partial charge < -0.3 is 9.80 Å². The molecule has 0 bridgehead atoms. The summed E-state index contributed by atoms with van der Waals surface area (Å²) in [4.78, 5) is 28.3. The summed E-state index contributed by atoms with van der Waals surface area (Å²) in [5.41, 5.74) is 0.733. The number of amides is 2. The van der Waals surface area contributed by atoms with E-state index in [0.717, 1.165) is 16.3 Å². The maximum Gasteiger partial charge on any atom is 0.254 e. The molecule has 0 unspecified atom stereocenters. The summed E-state index contributed by atoms with van der Waals surface area (Å²) >= 11 is 0. The molecule has 4 nitrogen and oxygen atoms in total. The lowest BCUT2D eigenvalue weighted by Crippen LogP contribution is -2.50. The summed E-state index contributed by atoms with van der Waals surface area (Å²) in [7, 11) is 0. The number of carbonyl (C=O) groups excluding carboxylic acids is 2. The monoisotopic (exact) mass is 308 g/mol. The van der Waals surface area contributed by atoms with E-state index in [1.54, 1.807) is 17.1 Å². The highest BCUT2D eigenvalue weighted by molar-refractivity contribution is 6.07. The largest absolute Gasteiger partial charge is 0.336 e. The highest BCUT2D eigenvalue weighted by Gasteiger charge is 2.24. The molecule has 2 aromatic carbocycles. The van der Waals surface area contributed by atoms with Crippen LogP contribution in [0, 0.1) is 0 Å². The van der Waals surface area contributed by atoms with Crippen molar-refractivity contribution in [3.8, 4) is 0 Å². The zero-order valence-electron chi connectivity index (χ0n) is 13.2. The number of fused-ring (bicyclic) bond motifs is 1. The second kappa shape index (κ2) is 6.65. The van der Waals surface area contributed by atoms with Crippen LogP contribution < -0.4 is 0 Å². The molecule has 23 heavy (non-hydrogen) atoms. The third-order valence-electron chi connectivity index (χ3n) is 4.21. The molecule has 0 atom stereocenters. The Labute approximate surface area is 136 Å². The molecule has 2 aromatic rings. The minimum atomic E-state index is 0.0183. The van der Waals surface area contributed by atoms with Gasteiger partial charge in [0.15, 0.2) is 0 Å². The van der Waals surface area contributed by atoms with E-state index >= 15 is 0 Å². The van der Waals surface area contributed by atoms with E-state index in [9.17, 15) is 9.59 Å². The third kappa shape index (κ3) is 3.11. The van der Waals surface area contributed by atoms with Gasteiger partial charge in [-0.15, -0.1) is 0 Å². The van der Waals surface area contributed by atoms with E-state index in [0.29, 0.717) is 26.2 Å². The number of hydrogen-bond donors (Lipinski definition) is 0. The predicted molar refractivity (Wildman–Crippen MR) is 91.2 cm³/mol. The van der Waals surface area contributed by atoms with Crippen molar-refractivity contribution in [3.05, 3.63) is 60.2 Å². The van der Waals surface area contributed by atoms with Crippen molar-refractivity contribution >= 4 is 22.6 Å². The fraction of sp³-hybridized carbons (Fsp3) is 0.263. The summed E-state index contributed by atoms with van der Waals surface area (Å²) in [5, 5.41) is 2.05. The third-order valence-corrected chi connectivity index (χ3v) is 4.21. The fourth-order valence-electron chi connectivity index (χ4n) is 2.96. The van der Waals surface area contributed by atoms with E-state index in [1.807, 2.05) is 54.3 Å². The van der Waals surface area contributed by atoms with Crippen molar-refractivity contribution in [1.82, 2.24) is 9.80 Å². The summed E-state index contributed by atoms with van der Waals surface area (Å²) in [6.45, 7) is 4.15. The summed E-state index contributed by atoms with van der Waals surface area (Å²) in [6, 6.07) is 13.7. The molecule has 1 saturated heterocycles. The average Bonchev–Trinajstić information content (AvgIpc) is 2.61. The van der Waals surface area contributed by atoms with Crippen LogP contribution in [0.2, 0.25) is 0 Å². The Hall–Kier alpha value is -2.62. The Morgan fingerprint density at radius 1 is 0.913 bits per heavy atom. The number of benzene rings is 2. The smallest absolute Gasteiger partial charge is 0.254 e. The lowest BCUT2D eigenvalue weighted by atomic mass is 10.0. The van der Waals surface area contributed by atoms with E-state index in [1.165, 1.54) is 0 Å². The lowest BCUT2D eigenvalue weighted by molar-refractivity contribution is -0.127. The van der Waals surface area contributed by atoms with Crippen LogP contribution in [-0.4, -0.2) is 47.8 Å². The van der Waals surface area contributed by atoms with Crippen LogP contribution in [0.3, 0.4) is 0 Å². The minimum Gasteiger partial charge on any atom is -0.336 e. The first kappa shape index (κ1) is 15.3. The van der Waals surface area contributed by atoms with Crippen molar-refractivity contribution in [2.45, 2.75) is 6.92 Å². The summed E-state index contributed by atoms with van der Waals surface area (Å²) in [5.74, 6) is 0.0599. The number of hydrogen-bond acceptors (Lipinski definition) is 2. The fourth-order valence-corrected chi connectivity index (χ4v) is 2.96. The molecule has 2 amide bonds. The number of piperazine rings is 1. The normalized spacial score (nSPS) is 15.3. The van der Waals surface area contributed by atoms with Crippen molar-refractivity contribution in [2.24, 2.45) is 0 Å². The van der Waals surface area contributed by atoms with Gasteiger partial charge in [0.05, 0.1) is 0 Å². The van der Waals surface area contributed by atoms with E-state index < -0.39 is 0 Å². The second-order valence-corrected chi connectivity index (χ2v) is 5.64. The molecule has 0 saturated carbocycles. The van der Waals surface area contributed by atoms with Gasteiger partial charge in [-0.05, 0) is 29.8 Å². The second-order valence-electron chi connectivity index (χ2n) is 5.64. The summed E-state index contributed by atoms with van der Waals surface area (Å²) < 4.78 is 0. The molecule has 1 aliphatic rings. The zero-order valence-corrected chi connectivity index (χ0v) is 13.2. The van der Waals surface area contributed by atoms with Crippen LogP contribution in [0.4, 0.5) is 0 Å². The van der Waals surface area contributed by atoms with E-state index in [2.05, 4.69) is 0 Å². The van der Waals surface area contributed by atoms with Gasteiger partial charge in [0.25, 0.3) is 5.91 Å². The maximum absolute atomic E-state index is 12.8. The highest BCUT2D eigenvalue weighted by atomic mass is 16.2. The van der Waals surface area contributed by atoms with Gasteiger partial charge in [0, 0.05) is 31.7 Å².